The summed E-state index contributed by atoms with van der Waals surface area (Å²) < 4.78 is 11.8. The number of hydrogen-bond donors (Lipinski definition) is 0. The number of fused-ring (bicyclic) bond motifs is 3. The third kappa shape index (κ3) is 2.81. The van der Waals surface area contributed by atoms with Gasteiger partial charge >= 0.3 is 0 Å². The molecule has 0 N–H and O–H groups in total. The minimum atomic E-state index is -0.126. The molecular weight excluding hydrogens is 338 g/mol. The van der Waals surface area contributed by atoms with Crippen molar-refractivity contribution in [1.82, 2.24) is 4.90 Å². The van der Waals surface area contributed by atoms with Crippen molar-refractivity contribution in [1.29, 1.82) is 0 Å². The van der Waals surface area contributed by atoms with Crippen LogP contribution in [0.3, 0.4) is 0 Å². The van der Waals surface area contributed by atoms with E-state index >= 15 is 0 Å². The lowest BCUT2D eigenvalue weighted by Crippen LogP contribution is -2.37. The summed E-state index contributed by atoms with van der Waals surface area (Å²) >= 11 is 6.19. The van der Waals surface area contributed by atoms with Gasteiger partial charge in [0.25, 0.3) is 0 Å². The van der Waals surface area contributed by atoms with Gasteiger partial charge in [-0.15, -0.1) is 0 Å². The maximum absolute atomic E-state index is 12.7. The first-order valence-corrected chi connectivity index (χ1v) is 8.64. The highest BCUT2D eigenvalue weighted by Gasteiger charge is 2.34. The molecule has 0 fully saturated rings. The number of rotatable bonds is 2. The summed E-state index contributed by atoms with van der Waals surface area (Å²) in [5.41, 5.74) is 2.26. The number of carbonyl (C=O) groups is 1. The van der Waals surface area contributed by atoms with Crippen molar-refractivity contribution in [3.8, 4) is 11.5 Å². The fourth-order valence-corrected chi connectivity index (χ4v) is 3.23. The molecule has 128 valence electrons. The lowest BCUT2D eigenvalue weighted by atomic mass is 10.0. The number of nitrogens with zero attached hydrogens (tertiary/aromatic N) is 1. The van der Waals surface area contributed by atoms with E-state index in [1.54, 1.807) is 18.2 Å². The Labute approximate surface area is 151 Å². The fraction of sp³-hybridized carbons (Fsp3) is 0.250. The summed E-state index contributed by atoms with van der Waals surface area (Å²) in [6.07, 6.45) is 1.70. The zero-order valence-electron chi connectivity index (χ0n) is 14.1. The molecular formula is C20H18ClNO3. The number of carbonyl (C=O) groups excluding carboxylic acids is 1. The molecule has 4 nitrogen and oxygen atoms in total. The van der Waals surface area contributed by atoms with Crippen LogP contribution in [0.1, 0.15) is 35.3 Å². The Kier molecular flexibility index (Phi) is 4.02. The van der Waals surface area contributed by atoms with Crippen LogP contribution in [0.4, 0.5) is 0 Å². The second-order valence-electron chi connectivity index (χ2n) is 6.49. The van der Waals surface area contributed by atoms with Gasteiger partial charge in [0, 0.05) is 17.6 Å². The molecule has 0 atom stereocenters. The molecule has 0 aromatic heterocycles. The zero-order chi connectivity index (χ0) is 17.6. The molecule has 2 aromatic carbocycles. The van der Waals surface area contributed by atoms with Gasteiger partial charge in [0.2, 0.25) is 5.78 Å². The Bertz CT molecular complexity index is 889. The predicted octanol–water partition coefficient (Wildman–Crippen LogP) is 4.52. The van der Waals surface area contributed by atoms with Crippen LogP contribution < -0.4 is 9.47 Å². The van der Waals surface area contributed by atoms with Crippen molar-refractivity contribution in [3.05, 3.63) is 63.9 Å². The van der Waals surface area contributed by atoms with Gasteiger partial charge in [-0.3, -0.25) is 9.69 Å². The van der Waals surface area contributed by atoms with Crippen LogP contribution in [0.25, 0.3) is 6.08 Å². The highest BCUT2D eigenvalue weighted by Crippen LogP contribution is 2.42. The fourth-order valence-electron chi connectivity index (χ4n) is 3.04. The maximum atomic E-state index is 12.7. The normalized spacial score (nSPS) is 18.1. The molecule has 0 bridgehead atoms. The van der Waals surface area contributed by atoms with E-state index in [-0.39, 0.29) is 11.5 Å². The molecule has 4 rings (SSSR count). The molecule has 0 saturated carbocycles. The van der Waals surface area contributed by atoms with Gasteiger partial charge in [-0.1, -0.05) is 29.8 Å². The van der Waals surface area contributed by atoms with Crippen molar-refractivity contribution in [2.75, 3.05) is 6.73 Å². The van der Waals surface area contributed by atoms with Crippen LogP contribution >= 0.6 is 11.6 Å². The third-order valence-corrected chi connectivity index (χ3v) is 4.91. The Morgan fingerprint density at radius 2 is 2.00 bits per heavy atom. The molecule has 5 heteroatoms. The number of ketones is 1. The molecule has 2 aliphatic heterocycles. The van der Waals surface area contributed by atoms with E-state index in [0.717, 1.165) is 16.9 Å². The van der Waals surface area contributed by atoms with E-state index < -0.39 is 0 Å². The van der Waals surface area contributed by atoms with Crippen LogP contribution in [0.15, 0.2) is 42.2 Å². The minimum absolute atomic E-state index is 0.126. The van der Waals surface area contributed by atoms with Crippen LogP contribution in [-0.4, -0.2) is 23.5 Å². The van der Waals surface area contributed by atoms with Crippen molar-refractivity contribution < 1.29 is 14.3 Å². The summed E-state index contributed by atoms with van der Waals surface area (Å²) in [4.78, 5) is 14.9. The zero-order valence-corrected chi connectivity index (χ0v) is 14.8. The largest absolute Gasteiger partial charge is 0.478 e. The highest BCUT2D eigenvalue weighted by atomic mass is 35.5. The van der Waals surface area contributed by atoms with Crippen LogP contribution in [0.2, 0.25) is 5.02 Å². The van der Waals surface area contributed by atoms with Gasteiger partial charge in [-0.05, 0) is 43.7 Å². The molecule has 0 unspecified atom stereocenters. The van der Waals surface area contributed by atoms with E-state index in [0.29, 0.717) is 35.7 Å². The van der Waals surface area contributed by atoms with E-state index in [9.17, 15) is 4.79 Å². The summed E-state index contributed by atoms with van der Waals surface area (Å²) in [6.45, 7) is 5.47. The minimum Gasteiger partial charge on any atom is -0.478 e. The van der Waals surface area contributed by atoms with Crippen molar-refractivity contribution in [2.45, 2.75) is 26.4 Å². The molecule has 2 aromatic rings. The molecule has 2 aliphatic rings. The number of halogens is 1. The van der Waals surface area contributed by atoms with E-state index in [1.807, 2.05) is 24.3 Å². The number of Topliss-reactive ketones (excluding diaryl/α,β-unsaturated/α-hetero) is 1. The topological polar surface area (TPSA) is 38.8 Å². The SMILES string of the molecule is CC(C)N1COc2ccc3c(c2C1)O/C(=C\c1ccccc1Cl)C3=O. The first-order chi connectivity index (χ1) is 12.0. The average Bonchev–Trinajstić information content (AvgIpc) is 2.93. The van der Waals surface area contributed by atoms with Gasteiger partial charge in [-0.2, -0.15) is 0 Å². The standard InChI is InChI=1S/C20H18ClNO3/c1-12(2)22-10-15-17(24-11-22)8-7-14-19(23)18(25-20(14)15)9-13-5-3-4-6-16(13)21/h3-9,12H,10-11H2,1-2H3/b18-9-. The summed E-state index contributed by atoms with van der Waals surface area (Å²) in [7, 11) is 0. The molecule has 0 aliphatic carbocycles. The molecule has 25 heavy (non-hydrogen) atoms. The molecule has 0 radical (unpaired) electrons. The lowest BCUT2D eigenvalue weighted by Gasteiger charge is -2.32. The van der Waals surface area contributed by atoms with Crippen molar-refractivity contribution in [3.63, 3.8) is 0 Å². The van der Waals surface area contributed by atoms with Crippen LogP contribution in [0.5, 0.6) is 11.5 Å². The number of hydrogen-bond acceptors (Lipinski definition) is 4. The van der Waals surface area contributed by atoms with Crippen molar-refractivity contribution >= 4 is 23.5 Å². The Hall–Kier alpha value is -2.30. The van der Waals surface area contributed by atoms with Crippen LogP contribution in [0, 0.1) is 0 Å². The monoisotopic (exact) mass is 355 g/mol. The van der Waals surface area contributed by atoms with Gasteiger partial charge in [0.05, 0.1) is 11.1 Å². The summed E-state index contributed by atoms with van der Waals surface area (Å²) in [5.74, 6) is 1.55. The van der Waals surface area contributed by atoms with Crippen LogP contribution in [-0.2, 0) is 6.54 Å². The summed E-state index contributed by atoms with van der Waals surface area (Å²) in [6, 6.07) is 11.3. The Morgan fingerprint density at radius 3 is 2.76 bits per heavy atom. The average molecular weight is 356 g/mol. The van der Waals surface area contributed by atoms with E-state index in [4.69, 9.17) is 21.1 Å². The Morgan fingerprint density at radius 1 is 1.20 bits per heavy atom. The Balaban J connectivity index is 1.73. The van der Waals surface area contributed by atoms with Crippen molar-refractivity contribution in [2.24, 2.45) is 0 Å². The quantitative estimate of drug-likeness (QED) is 0.743. The molecule has 2 heterocycles. The number of benzene rings is 2. The lowest BCUT2D eigenvalue weighted by molar-refractivity contribution is 0.0674. The first kappa shape index (κ1) is 16.2. The second-order valence-corrected chi connectivity index (χ2v) is 6.90. The van der Waals surface area contributed by atoms with Gasteiger partial charge in [-0.25, -0.2) is 0 Å². The van der Waals surface area contributed by atoms with E-state index in [2.05, 4.69) is 18.7 Å². The molecule has 0 spiro atoms. The number of allylic oxidation sites excluding steroid dienone is 1. The smallest absolute Gasteiger partial charge is 0.231 e. The maximum Gasteiger partial charge on any atom is 0.231 e. The van der Waals surface area contributed by atoms with Gasteiger partial charge in [0.15, 0.2) is 5.76 Å². The summed E-state index contributed by atoms with van der Waals surface area (Å²) in [5, 5.41) is 0.582. The highest BCUT2D eigenvalue weighted by molar-refractivity contribution is 6.32. The first-order valence-electron chi connectivity index (χ1n) is 8.26. The second kappa shape index (κ2) is 6.21. The third-order valence-electron chi connectivity index (χ3n) is 4.57. The van der Waals surface area contributed by atoms with E-state index in [1.165, 1.54) is 0 Å². The molecule has 0 saturated heterocycles. The molecule has 0 amide bonds. The van der Waals surface area contributed by atoms with Gasteiger partial charge < -0.3 is 9.47 Å². The number of ether oxygens (including phenoxy) is 2. The predicted molar refractivity (Wildman–Crippen MR) is 97.0 cm³/mol. The van der Waals surface area contributed by atoms with Gasteiger partial charge in [0.1, 0.15) is 18.2 Å².